The van der Waals surface area contributed by atoms with E-state index in [0.29, 0.717) is 17.8 Å². The maximum atomic E-state index is 11.6. The Balaban J connectivity index is 2.65. The molecule has 1 aromatic rings. The lowest BCUT2D eigenvalue weighted by Crippen LogP contribution is -2.38. The van der Waals surface area contributed by atoms with Crippen LogP contribution in [0.25, 0.3) is 0 Å². The molecule has 1 amide bonds. The van der Waals surface area contributed by atoms with Crippen LogP contribution in [0, 0.1) is 6.92 Å². The average molecular weight is 343 g/mol. The molecule has 0 aliphatic heterocycles. The molecule has 0 aliphatic carbocycles. The number of hydrogen-bond acceptors (Lipinski definition) is 5. The molecule has 1 atom stereocenters. The fourth-order valence-electron chi connectivity index (χ4n) is 1.88. The van der Waals surface area contributed by atoms with Crippen LogP contribution in [0.5, 0.6) is 0 Å². The van der Waals surface area contributed by atoms with Crippen molar-refractivity contribution in [3.63, 3.8) is 0 Å². The van der Waals surface area contributed by atoms with Gasteiger partial charge in [0.1, 0.15) is 5.60 Å². The Bertz CT molecular complexity index is 666. The van der Waals surface area contributed by atoms with E-state index in [4.69, 9.17) is 9.88 Å². The van der Waals surface area contributed by atoms with Gasteiger partial charge >= 0.3 is 6.09 Å². The number of primary sulfonamides is 1. The van der Waals surface area contributed by atoms with E-state index in [1.807, 2.05) is 6.92 Å². The maximum Gasteiger partial charge on any atom is 0.407 e. The molecule has 0 fully saturated rings. The lowest BCUT2D eigenvalue weighted by molar-refractivity contribution is 0.0526. The Labute approximate surface area is 137 Å². The molecule has 0 spiro atoms. The summed E-state index contributed by atoms with van der Waals surface area (Å²) in [7, 11) is -3.77. The Hall–Kier alpha value is -1.80. The summed E-state index contributed by atoms with van der Waals surface area (Å²) < 4.78 is 28.2. The van der Waals surface area contributed by atoms with Gasteiger partial charge in [0.15, 0.2) is 0 Å². The van der Waals surface area contributed by atoms with E-state index in [-0.39, 0.29) is 10.9 Å². The number of alkyl carbamates (subject to hydrolysis) is 1. The lowest BCUT2D eigenvalue weighted by Gasteiger charge is -2.21. The normalized spacial score (nSPS) is 13.3. The van der Waals surface area contributed by atoms with Gasteiger partial charge in [-0.3, -0.25) is 0 Å². The Morgan fingerprint density at radius 3 is 2.48 bits per heavy atom. The summed E-state index contributed by atoms with van der Waals surface area (Å²) in [4.78, 5) is 11.7. The fraction of sp³-hybridized carbons (Fsp3) is 0.533. The maximum absolute atomic E-state index is 11.6. The van der Waals surface area contributed by atoms with Crippen molar-refractivity contribution in [2.75, 3.05) is 11.9 Å². The third-order valence-electron chi connectivity index (χ3n) is 2.86. The lowest BCUT2D eigenvalue weighted by atomic mass is 10.2. The topological polar surface area (TPSA) is 111 Å². The number of ether oxygens (including phenoxy) is 1. The molecule has 1 rings (SSSR count). The Morgan fingerprint density at radius 1 is 1.35 bits per heavy atom. The average Bonchev–Trinajstić information content (AvgIpc) is 2.35. The second-order valence-electron chi connectivity index (χ2n) is 6.45. The van der Waals surface area contributed by atoms with Gasteiger partial charge < -0.3 is 15.4 Å². The van der Waals surface area contributed by atoms with E-state index in [1.165, 1.54) is 6.07 Å². The number of carbonyl (C=O) groups is 1. The molecule has 0 radical (unpaired) electrons. The van der Waals surface area contributed by atoms with Crippen LogP contribution in [0.3, 0.4) is 0 Å². The van der Waals surface area contributed by atoms with Gasteiger partial charge in [-0.25, -0.2) is 18.4 Å². The molecule has 130 valence electrons. The van der Waals surface area contributed by atoms with E-state index in [1.54, 1.807) is 39.8 Å². The highest BCUT2D eigenvalue weighted by Crippen LogP contribution is 2.19. The van der Waals surface area contributed by atoms with Crippen molar-refractivity contribution in [1.82, 2.24) is 5.32 Å². The monoisotopic (exact) mass is 343 g/mol. The molecule has 0 aliphatic rings. The van der Waals surface area contributed by atoms with Crippen LogP contribution in [0.2, 0.25) is 0 Å². The van der Waals surface area contributed by atoms with Crippen LogP contribution < -0.4 is 15.8 Å². The zero-order chi connectivity index (χ0) is 17.8. The summed E-state index contributed by atoms with van der Waals surface area (Å²) in [5, 5.41) is 10.9. The van der Waals surface area contributed by atoms with E-state index >= 15 is 0 Å². The second kappa shape index (κ2) is 7.18. The third kappa shape index (κ3) is 6.87. The number of amides is 1. The SMILES string of the molecule is Cc1ccc(NC(C)CNC(=O)OC(C)(C)C)cc1S(N)(=O)=O. The highest BCUT2D eigenvalue weighted by molar-refractivity contribution is 7.89. The number of rotatable bonds is 5. The summed E-state index contributed by atoms with van der Waals surface area (Å²) in [6.45, 7) is 9.22. The largest absolute Gasteiger partial charge is 0.444 e. The highest BCUT2D eigenvalue weighted by atomic mass is 32.2. The first-order valence-electron chi connectivity index (χ1n) is 7.25. The first-order valence-corrected chi connectivity index (χ1v) is 8.80. The molecular formula is C15H25N3O4S. The quantitative estimate of drug-likeness (QED) is 0.757. The van der Waals surface area contributed by atoms with Gasteiger partial charge in [-0.15, -0.1) is 0 Å². The predicted molar refractivity (Wildman–Crippen MR) is 89.9 cm³/mol. The smallest absolute Gasteiger partial charge is 0.407 e. The molecule has 0 bridgehead atoms. The number of nitrogens with one attached hydrogen (secondary N) is 2. The van der Waals surface area contributed by atoms with Crippen LogP contribution in [0.15, 0.2) is 23.1 Å². The number of aryl methyl sites for hydroxylation is 1. The molecule has 0 aromatic heterocycles. The number of benzene rings is 1. The van der Waals surface area contributed by atoms with Crippen molar-refractivity contribution in [3.8, 4) is 0 Å². The predicted octanol–water partition coefficient (Wildman–Crippen LogP) is 1.97. The Kier molecular flexibility index (Phi) is 6.01. The van der Waals surface area contributed by atoms with E-state index in [0.717, 1.165) is 0 Å². The van der Waals surface area contributed by atoms with E-state index < -0.39 is 21.7 Å². The molecule has 1 aromatic carbocycles. The van der Waals surface area contributed by atoms with E-state index in [9.17, 15) is 13.2 Å². The van der Waals surface area contributed by atoms with Crippen molar-refractivity contribution in [3.05, 3.63) is 23.8 Å². The van der Waals surface area contributed by atoms with Crippen molar-refractivity contribution in [1.29, 1.82) is 0 Å². The van der Waals surface area contributed by atoms with Crippen molar-refractivity contribution in [2.24, 2.45) is 5.14 Å². The minimum absolute atomic E-state index is 0.0785. The summed E-state index contributed by atoms with van der Waals surface area (Å²) in [5.74, 6) is 0. The molecule has 0 saturated heterocycles. The summed E-state index contributed by atoms with van der Waals surface area (Å²) in [6.07, 6.45) is -0.500. The minimum atomic E-state index is -3.77. The van der Waals surface area contributed by atoms with Gasteiger partial charge in [-0.1, -0.05) is 6.07 Å². The van der Waals surface area contributed by atoms with Crippen LogP contribution >= 0.6 is 0 Å². The molecular weight excluding hydrogens is 318 g/mol. The molecule has 0 saturated carbocycles. The van der Waals surface area contributed by atoms with Gasteiger partial charge in [0.2, 0.25) is 10.0 Å². The van der Waals surface area contributed by atoms with Gasteiger partial charge in [0, 0.05) is 18.3 Å². The van der Waals surface area contributed by atoms with Crippen LogP contribution in [-0.4, -0.2) is 32.7 Å². The third-order valence-corrected chi connectivity index (χ3v) is 3.91. The van der Waals surface area contributed by atoms with Gasteiger partial charge in [0.05, 0.1) is 4.90 Å². The fourth-order valence-corrected chi connectivity index (χ4v) is 2.69. The first-order chi connectivity index (χ1) is 10.4. The number of anilines is 1. The number of nitrogens with two attached hydrogens (primary N) is 1. The zero-order valence-corrected chi connectivity index (χ0v) is 15.0. The van der Waals surface area contributed by atoms with E-state index in [2.05, 4.69) is 10.6 Å². The molecule has 1 unspecified atom stereocenters. The van der Waals surface area contributed by atoms with Crippen molar-refractivity contribution < 1.29 is 17.9 Å². The molecule has 4 N–H and O–H groups in total. The summed E-state index contributed by atoms with van der Waals surface area (Å²) in [6, 6.07) is 4.79. The van der Waals surface area contributed by atoms with Gasteiger partial charge in [-0.2, -0.15) is 0 Å². The Morgan fingerprint density at radius 2 is 1.96 bits per heavy atom. The minimum Gasteiger partial charge on any atom is -0.444 e. The number of hydrogen-bond donors (Lipinski definition) is 3. The zero-order valence-electron chi connectivity index (χ0n) is 14.1. The summed E-state index contributed by atoms with van der Waals surface area (Å²) >= 11 is 0. The van der Waals surface area contributed by atoms with Crippen LogP contribution in [-0.2, 0) is 14.8 Å². The van der Waals surface area contributed by atoms with Gasteiger partial charge in [-0.05, 0) is 52.3 Å². The number of sulfonamides is 1. The molecule has 7 nitrogen and oxygen atoms in total. The van der Waals surface area contributed by atoms with Gasteiger partial charge in [0.25, 0.3) is 0 Å². The standard InChI is InChI=1S/C15H25N3O4S/c1-10-6-7-12(8-13(10)23(16,20)21)18-11(2)9-17-14(19)22-15(3,4)5/h6-8,11,18H,9H2,1-5H3,(H,17,19)(H2,16,20,21). The van der Waals surface area contributed by atoms with Crippen molar-refractivity contribution >= 4 is 21.8 Å². The summed E-state index contributed by atoms with van der Waals surface area (Å²) in [5.41, 5.74) is 0.637. The first kappa shape index (κ1) is 19.2. The highest BCUT2D eigenvalue weighted by Gasteiger charge is 2.17. The molecule has 0 heterocycles. The molecule has 23 heavy (non-hydrogen) atoms. The van der Waals surface area contributed by atoms with Crippen molar-refractivity contribution in [2.45, 2.75) is 51.2 Å². The second-order valence-corrected chi connectivity index (χ2v) is 7.98. The van der Waals surface area contributed by atoms with Crippen LogP contribution in [0.4, 0.5) is 10.5 Å². The van der Waals surface area contributed by atoms with Crippen LogP contribution in [0.1, 0.15) is 33.3 Å². The number of carbonyl (C=O) groups excluding carboxylic acids is 1. The molecule has 8 heteroatoms.